The van der Waals surface area contributed by atoms with Gasteiger partial charge in [0.1, 0.15) is 5.92 Å². The maximum atomic E-state index is 11.2. The molecule has 0 fully saturated rings. The first-order valence-electron chi connectivity index (χ1n) is 5.86. The van der Waals surface area contributed by atoms with E-state index in [1.807, 2.05) is 24.3 Å². The van der Waals surface area contributed by atoms with E-state index in [1.54, 1.807) is 0 Å². The number of aliphatic carboxylic acids is 1. The molecule has 1 N–H and O–H groups in total. The number of anilines is 1. The van der Waals surface area contributed by atoms with Crippen LogP contribution in [0.3, 0.4) is 0 Å². The largest absolute Gasteiger partial charge is 0.481 e. The van der Waals surface area contributed by atoms with Crippen LogP contribution in [0.5, 0.6) is 0 Å². The Balaban J connectivity index is 2.28. The van der Waals surface area contributed by atoms with Crippen molar-refractivity contribution in [1.29, 1.82) is 0 Å². The van der Waals surface area contributed by atoms with Crippen LogP contribution in [0.1, 0.15) is 24.8 Å². The molecule has 0 amide bonds. The summed E-state index contributed by atoms with van der Waals surface area (Å²) in [6.45, 7) is 7.36. The molecule has 17 heavy (non-hydrogen) atoms. The lowest BCUT2D eigenvalue weighted by Crippen LogP contribution is -2.26. The van der Waals surface area contributed by atoms with Crippen molar-refractivity contribution in [3.8, 4) is 0 Å². The number of hydrogen-bond donors (Lipinski definition) is 1. The molecule has 1 unspecified atom stereocenters. The Morgan fingerprint density at radius 3 is 2.88 bits per heavy atom. The van der Waals surface area contributed by atoms with Gasteiger partial charge in [-0.2, -0.15) is 0 Å². The SMILES string of the molecule is C=C(CC)CN1CC(C(=O)O)c2ccccc21. The van der Waals surface area contributed by atoms with E-state index in [-0.39, 0.29) is 0 Å². The van der Waals surface area contributed by atoms with Crippen LogP contribution in [0.2, 0.25) is 0 Å². The van der Waals surface area contributed by atoms with Gasteiger partial charge in [-0.25, -0.2) is 0 Å². The van der Waals surface area contributed by atoms with E-state index >= 15 is 0 Å². The van der Waals surface area contributed by atoms with Crippen LogP contribution in [0.4, 0.5) is 5.69 Å². The summed E-state index contributed by atoms with van der Waals surface area (Å²) >= 11 is 0. The third-order valence-electron chi connectivity index (χ3n) is 3.27. The highest BCUT2D eigenvalue weighted by molar-refractivity contribution is 5.83. The highest BCUT2D eigenvalue weighted by Crippen LogP contribution is 2.36. The number of para-hydroxylation sites is 1. The van der Waals surface area contributed by atoms with E-state index in [0.717, 1.165) is 29.8 Å². The Morgan fingerprint density at radius 1 is 1.53 bits per heavy atom. The zero-order valence-electron chi connectivity index (χ0n) is 10.0. The molecule has 1 aliphatic rings. The highest BCUT2D eigenvalue weighted by Gasteiger charge is 2.32. The summed E-state index contributed by atoms with van der Waals surface area (Å²) in [6.07, 6.45) is 0.927. The number of nitrogens with zero attached hydrogens (tertiary/aromatic N) is 1. The molecule has 0 aliphatic carbocycles. The lowest BCUT2D eigenvalue weighted by Gasteiger charge is -2.20. The van der Waals surface area contributed by atoms with Crippen molar-refractivity contribution in [3.63, 3.8) is 0 Å². The minimum Gasteiger partial charge on any atom is -0.481 e. The Kier molecular flexibility index (Phi) is 3.18. The van der Waals surface area contributed by atoms with E-state index in [2.05, 4.69) is 18.4 Å². The molecule has 3 heteroatoms. The molecule has 0 spiro atoms. The molecule has 1 aliphatic heterocycles. The molecule has 0 bridgehead atoms. The molecule has 0 saturated heterocycles. The molecular weight excluding hydrogens is 214 g/mol. The quantitative estimate of drug-likeness (QED) is 0.810. The smallest absolute Gasteiger partial charge is 0.312 e. The molecule has 0 saturated carbocycles. The van der Waals surface area contributed by atoms with E-state index in [0.29, 0.717) is 6.54 Å². The predicted molar refractivity (Wildman–Crippen MR) is 68.5 cm³/mol. The van der Waals surface area contributed by atoms with Crippen LogP contribution in [-0.4, -0.2) is 24.2 Å². The molecule has 1 heterocycles. The van der Waals surface area contributed by atoms with E-state index in [4.69, 9.17) is 0 Å². The van der Waals surface area contributed by atoms with Gasteiger partial charge >= 0.3 is 5.97 Å². The van der Waals surface area contributed by atoms with E-state index in [9.17, 15) is 9.90 Å². The third kappa shape index (κ3) is 2.18. The summed E-state index contributed by atoms with van der Waals surface area (Å²) in [5.41, 5.74) is 3.09. The summed E-state index contributed by atoms with van der Waals surface area (Å²) < 4.78 is 0. The van der Waals surface area contributed by atoms with Gasteiger partial charge in [0.15, 0.2) is 0 Å². The average Bonchev–Trinajstić information content (AvgIpc) is 2.68. The molecule has 2 rings (SSSR count). The second-order valence-electron chi connectivity index (χ2n) is 4.43. The molecule has 1 atom stereocenters. The number of carbonyl (C=O) groups is 1. The molecule has 0 radical (unpaired) electrons. The van der Waals surface area contributed by atoms with Crippen molar-refractivity contribution < 1.29 is 9.90 Å². The topological polar surface area (TPSA) is 40.5 Å². The summed E-state index contributed by atoms with van der Waals surface area (Å²) in [5.74, 6) is -1.15. The van der Waals surface area contributed by atoms with Gasteiger partial charge in [-0.3, -0.25) is 4.79 Å². The number of carboxylic acid groups (broad SMARTS) is 1. The van der Waals surface area contributed by atoms with E-state index in [1.165, 1.54) is 0 Å². The molecule has 1 aromatic carbocycles. The van der Waals surface area contributed by atoms with Crippen molar-refractivity contribution in [2.24, 2.45) is 0 Å². The molecule has 90 valence electrons. The first-order valence-corrected chi connectivity index (χ1v) is 5.86. The zero-order valence-corrected chi connectivity index (χ0v) is 10.0. The fourth-order valence-corrected chi connectivity index (χ4v) is 2.23. The maximum Gasteiger partial charge on any atom is 0.312 e. The normalized spacial score (nSPS) is 17.9. The van der Waals surface area contributed by atoms with Gasteiger partial charge < -0.3 is 10.0 Å². The number of rotatable bonds is 4. The van der Waals surface area contributed by atoms with Crippen molar-refractivity contribution in [3.05, 3.63) is 42.0 Å². The Bertz CT molecular complexity index is 453. The predicted octanol–water partition coefficient (Wildman–Crippen LogP) is 2.64. The fourth-order valence-electron chi connectivity index (χ4n) is 2.23. The zero-order chi connectivity index (χ0) is 12.4. The van der Waals surface area contributed by atoms with Gasteiger partial charge in [0.05, 0.1) is 0 Å². The Hall–Kier alpha value is -1.77. The molecular formula is C14H17NO2. The number of carboxylic acids is 1. The first-order chi connectivity index (χ1) is 8.13. The van der Waals surface area contributed by atoms with Crippen LogP contribution in [-0.2, 0) is 4.79 Å². The van der Waals surface area contributed by atoms with Gasteiger partial charge in [0.25, 0.3) is 0 Å². The third-order valence-corrected chi connectivity index (χ3v) is 3.27. The van der Waals surface area contributed by atoms with Crippen LogP contribution < -0.4 is 4.90 Å². The summed E-state index contributed by atoms with van der Waals surface area (Å²) in [4.78, 5) is 13.3. The van der Waals surface area contributed by atoms with Crippen LogP contribution in [0.15, 0.2) is 36.4 Å². The number of hydrogen-bond acceptors (Lipinski definition) is 2. The second kappa shape index (κ2) is 4.62. The van der Waals surface area contributed by atoms with E-state index < -0.39 is 11.9 Å². The van der Waals surface area contributed by atoms with Gasteiger partial charge in [0, 0.05) is 18.8 Å². The van der Waals surface area contributed by atoms with Crippen molar-refractivity contribution in [1.82, 2.24) is 0 Å². The molecule has 1 aromatic rings. The standard InChI is InChI=1S/C14H17NO2/c1-3-10(2)8-15-9-12(14(16)17)11-6-4-5-7-13(11)15/h4-7,12H,2-3,8-9H2,1H3,(H,16,17). The van der Waals surface area contributed by atoms with Gasteiger partial charge in [-0.15, -0.1) is 0 Å². The highest BCUT2D eigenvalue weighted by atomic mass is 16.4. The van der Waals surface area contributed by atoms with Gasteiger partial charge in [-0.05, 0) is 18.1 Å². The minimum absolute atomic E-state index is 0.407. The van der Waals surface area contributed by atoms with Crippen molar-refractivity contribution in [2.45, 2.75) is 19.3 Å². The lowest BCUT2D eigenvalue weighted by molar-refractivity contribution is -0.138. The van der Waals surface area contributed by atoms with Gasteiger partial charge in [0.2, 0.25) is 0 Å². The van der Waals surface area contributed by atoms with Crippen molar-refractivity contribution >= 4 is 11.7 Å². The van der Waals surface area contributed by atoms with Gasteiger partial charge in [-0.1, -0.05) is 37.3 Å². The monoisotopic (exact) mass is 231 g/mol. The van der Waals surface area contributed by atoms with Crippen LogP contribution in [0.25, 0.3) is 0 Å². The fraction of sp³-hybridized carbons (Fsp3) is 0.357. The Labute approximate surface area is 101 Å². The minimum atomic E-state index is -0.748. The number of fused-ring (bicyclic) bond motifs is 1. The summed E-state index contributed by atoms with van der Waals surface area (Å²) in [7, 11) is 0. The second-order valence-corrected chi connectivity index (χ2v) is 4.43. The summed E-state index contributed by atoms with van der Waals surface area (Å²) in [6, 6.07) is 7.74. The van der Waals surface area contributed by atoms with Crippen LogP contribution in [0, 0.1) is 0 Å². The summed E-state index contributed by atoms with van der Waals surface area (Å²) in [5, 5.41) is 9.22. The first kappa shape index (κ1) is 11.7. The molecule has 0 aromatic heterocycles. The van der Waals surface area contributed by atoms with Crippen molar-refractivity contribution in [2.75, 3.05) is 18.0 Å². The number of benzene rings is 1. The van der Waals surface area contributed by atoms with Crippen LogP contribution >= 0.6 is 0 Å². The lowest BCUT2D eigenvalue weighted by atomic mass is 10.0. The average molecular weight is 231 g/mol. The maximum absolute atomic E-state index is 11.2. The molecule has 3 nitrogen and oxygen atoms in total. The Morgan fingerprint density at radius 2 is 2.24 bits per heavy atom.